The number of amides is 2. The molecule has 34 heavy (non-hydrogen) atoms. The summed E-state index contributed by atoms with van der Waals surface area (Å²) in [5, 5.41) is 9.69. The van der Waals surface area contributed by atoms with Gasteiger partial charge in [-0.15, -0.1) is 0 Å². The van der Waals surface area contributed by atoms with E-state index < -0.39 is 35.6 Å². The molecule has 0 saturated carbocycles. The number of anilines is 1. The molecule has 0 aliphatic carbocycles. The Morgan fingerprint density at radius 2 is 1.94 bits per heavy atom. The van der Waals surface area contributed by atoms with Crippen LogP contribution < -0.4 is 4.90 Å². The number of carbonyl (C=O) groups excluding carboxylic acids is 3. The van der Waals surface area contributed by atoms with E-state index in [0.29, 0.717) is 30.0 Å². The third-order valence-corrected chi connectivity index (χ3v) is 7.39. The van der Waals surface area contributed by atoms with Gasteiger partial charge in [-0.2, -0.15) is 0 Å². The van der Waals surface area contributed by atoms with Gasteiger partial charge in [0.15, 0.2) is 0 Å². The minimum absolute atomic E-state index is 0.0147. The average molecular weight is 487 g/mol. The highest BCUT2D eigenvalue weighted by atomic mass is 35.5. The standard InChI is InChI=1S/C25H27ClN2O6/c26-16-8-1-2-9-17(16)27-13-7-11-25-20(19-18(34-25)10-3-6-15-33-24(19)32)22(30)28(12-4-5-14-29)21(25)23(27)31/h1-3,7-11,18-21,29H,4-6,12-15H2/t18-,19+,20+,21?,25+/m1/s1. The Balaban J connectivity index is 1.60. The summed E-state index contributed by atoms with van der Waals surface area (Å²) < 4.78 is 11.9. The molecule has 1 N–H and O–H groups in total. The molecule has 2 amide bonds. The number of aliphatic hydroxyl groups is 1. The zero-order valence-electron chi connectivity index (χ0n) is 18.6. The number of likely N-dealkylation sites (tertiary alicyclic amines) is 1. The maximum Gasteiger partial charge on any atom is 0.312 e. The van der Waals surface area contributed by atoms with Gasteiger partial charge in [0.25, 0.3) is 5.91 Å². The van der Waals surface area contributed by atoms with Crippen molar-refractivity contribution in [1.29, 1.82) is 0 Å². The zero-order chi connectivity index (χ0) is 23.9. The summed E-state index contributed by atoms with van der Waals surface area (Å²) in [4.78, 5) is 44.0. The number of nitrogens with zero attached hydrogens (tertiary/aromatic N) is 2. The normalized spacial score (nSPS) is 32.6. The van der Waals surface area contributed by atoms with Crippen molar-refractivity contribution in [3.05, 3.63) is 53.6 Å². The van der Waals surface area contributed by atoms with Gasteiger partial charge in [-0.25, -0.2) is 0 Å². The van der Waals surface area contributed by atoms with Crippen LogP contribution in [0.25, 0.3) is 0 Å². The Morgan fingerprint density at radius 3 is 2.74 bits per heavy atom. The molecular formula is C25H27ClN2O6. The molecule has 9 heteroatoms. The lowest BCUT2D eigenvalue weighted by Crippen LogP contribution is -2.55. The molecule has 8 nitrogen and oxygen atoms in total. The van der Waals surface area contributed by atoms with E-state index in [0.717, 1.165) is 0 Å². The second-order valence-electron chi connectivity index (χ2n) is 8.99. The monoisotopic (exact) mass is 486 g/mol. The van der Waals surface area contributed by atoms with Crippen molar-refractivity contribution in [3.8, 4) is 0 Å². The van der Waals surface area contributed by atoms with Crippen LogP contribution in [0.2, 0.25) is 5.02 Å². The summed E-state index contributed by atoms with van der Waals surface area (Å²) in [7, 11) is 0. The number of hydrogen-bond donors (Lipinski definition) is 1. The lowest BCUT2D eigenvalue weighted by molar-refractivity contribution is -0.154. The number of fused-ring (bicyclic) bond motifs is 2. The second kappa shape index (κ2) is 9.17. The minimum Gasteiger partial charge on any atom is -0.465 e. The number of ether oxygens (including phenoxy) is 2. The van der Waals surface area contributed by atoms with E-state index in [1.54, 1.807) is 35.2 Å². The molecule has 2 saturated heterocycles. The molecule has 1 unspecified atom stereocenters. The smallest absolute Gasteiger partial charge is 0.312 e. The molecule has 4 aliphatic heterocycles. The van der Waals surface area contributed by atoms with Gasteiger partial charge in [0.1, 0.15) is 17.6 Å². The Morgan fingerprint density at radius 1 is 1.12 bits per heavy atom. The van der Waals surface area contributed by atoms with Crippen molar-refractivity contribution < 1.29 is 29.0 Å². The Hall–Kier alpha value is -2.68. The summed E-state index contributed by atoms with van der Waals surface area (Å²) in [6.07, 6.45) is 8.21. The Kier molecular flexibility index (Phi) is 6.22. The number of cyclic esters (lactones) is 1. The van der Waals surface area contributed by atoms with Crippen LogP contribution in [0.5, 0.6) is 0 Å². The van der Waals surface area contributed by atoms with Gasteiger partial charge < -0.3 is 24.4 Å². The molecule has 5 rings (SSSR count). The van der Waals surface area contributed by atoms with Crippen LogP contribution in [0.15, 0.2) is 48.6 Å². The van der Waals surface area contributed by atoms with Crippen molar-refractivity contribution in [2.24, 2.45) is 11.8 Å². The highest BCUT2D eigenvalue weighted by molar-refractivity contribution is 6.34. The van der Waals surface area contributed by atoms with Crippen LogP contribution in [0.3, 0.4) is 0 Å². The average Bonchev–Trinajstić information content (AvgIpc) is 3.18. The largest absolute Gasteiger partial charge is 0.465 e. The van der Waals surface area contributed by atoms with Crippen molar-refractivity contribution >= 4 is 35.1 Å². The molecule has 2 fully saturated rings. The molecule has 0 aromatic heterocycles. The molecule has 4 heterocycles. The Labute approximate surface area is 202 Å². The topological polar surface area (TPSA) is 96.4 Å². The Bertz CT molecular complexity index is 1060. The predicted octanol–water partition coefficient (Wildman–Crippen LogP) is 2.10. The highest BCUT2D eigenvalue weighted by Gasteiger charge is 2.71. The number of halogens is 1. The van der Waals surface area contributed by atoms with Gasteiger partial charge in [0.05, 0.1) is 29.3 Å². The number of esters is 1. The lowest BCUT2D eigenvalue weighted by Gasteiger charge is -2.35. The fraction of sp³-hybridized carbons (Fsp3) is 0.480. The highest BCUT2D eigenvalue weighted by Crippen LogP contribution is 2.53. The van der Waals surface area contributed by atoms with E-state index in [1.165, 1.54) is 4.90 Å². The summed E-state index contributed by atoms with van der Waals surface area (Å²) in [5.74, 6) is -2.81. The second-order valence-corrected chi connectivity index (χ2v) is 9.40. The minimum atomic E-state index is -1.30. The van der Waals surface area contributed by atoms with Gasteiger partial charge in [0.2, 0.25) is 5.91 Å². The number of unbranched alkanes of at least 4 members (excludes halogenated alkanes) is 1. The van der Waals surface area contributed by atoms with Crippen LogP contribution in [0.4, 0.5) is 5.69 Å². The van der Waals surface area contributed by atoms with E-state index in [-0.39, 0.29) is 38.1 Å². The quantitative estimate of drug-likeness (QED) is 0.389. The number of hydrogen-bond acceptors (Lipinski definition) is 6. The summed E-state index contributed by atoms with van der Waals surface area (Å²) in [6, 6.07) is 6.10. The van der Waals surface area contributed by atoms with Crippen LogP contribution in [0, 0.1) is 11.8 Å². The molecule has 4 aliphatic rings. The van der Waals surface area contributed by atoms with E-state index in [2.05, 4.69) is 0 Å². The first-order valence-corrected chi connectivity index (χ1v) is 12.0. The maximum atomic E-state index is 14.1. The van der Waals surface area contributed by atoms with E-state index in [9.17, 15) is 19.5 Å². The number of aliphatic hydroxyl groups excluding tert-OH is 1. The molecule has 1 aromatic carbocycles. The molecule has 5 atom stereocenters. The third-order valence-electron chi connectivity index (χ3n) is 7.07. The lowest BCUT2D eigenvalue weighted by atomic mass is 9.77. The number of para-hydroxylation sites is 1. The van der Waals surface area contributed by atoms with Crippen LogP contribution >= 0.6 is 11.6 Å². The molecular weight excluding hydrogens is 460 g/mol. The fourth-order valence-electron chi connectivity index (χ4n) is 5.63. The van der Waals surface area contributed by atoms with Gasteiger partial charge in [-0.3, -0.25) is 14.4 Å². The maximum absolute atomic E-state index is 14.1. The number of rotatable bonds is 5. The van der Waals surface area contributed by atoms with E-state index >= 15 is 0 Å². The molecule has 0 bridgehead atoms. The number of carbonyl (C=O) groups is 3. The molecule has 0 radical (unpaired) electrons. The van der Waals surface area contributed by atoms with Crippen molar-refractivity contribution in [2.75, 3.05) is 31.2 Å². The first-order valence-electron chi connectivity index (χ1n) is 11.7. The van der Waals surface area contributed by atoms with Crippen molar-refractivity contribution in [2.45, 2.75) is 37.0 Å². The summed E-state index contributed by atoms with van der Waals surface area (Å²) in [5.41, 5.74) is -0.753. The zero-order valence-corrected chi connectivity index (χ0v) is 19.4. The van der Waals surface area contributed by atoms with Gasteiger partial charge in [-0.1, -0.05) is 48.0 Å². The first kappa shape index (κ1) is 23.1. The molecule has 1 aromatic rings. The molecule has 1 spiro atoms. The summed E-state index contributed by atoms with van der Waals surface area (Å²) in [6.45, 7) is 0.749. The van der Waals surface area contributed by atoms with Crippen LogP contribution in [-0.2, 0) is 23.9 Å². The van der Waals surface area contributed by atoms with Crippen molar-refractivity contribution in [1.82, 2.24) is 4.90 Å². The summed E-state index contributed by atoms with van der Waals surface area (Å²) >= 11 is 6.42. The van der Waals surface area contributed by atoms with Gasteiger partial charge in [-0.05, 0) is 31.4 Å². The third kappa shape index (κ3) is 3.56. The SMILES string of the molecule is O=C1OCCC=C[C@H]2O[C@]34C=CCN(c5ccccc5Cl)C(=O)C3N(CCCCO)C(=O)[C@@H]4[C@@H]12. The van der Waals surface area contributed by atoms with Gasteiger partial charge in [0, 0.05) is 19.7 Å². The molecule has 180 valence electrons. The number of benzene rings is 1. The van der Waals surface area contributed by atoms with E-state index in [1.807, 2.05) is 18.2 Å². The van der Waals surface area contributed by atoms with E-state index in [4.69, 9.17) is 21.1 Å². The van der Waals surface area contributed by atoms with Crippen LogP contribution in [-0.4, -0.2) is 71.8 Å². The van der Waals surface area contributed by atoms with Crippen LogP contribution in [0.1, 0.15) is 19.3 Å². The van der Waals surface area contributed by atoms with Gasteiger partial charge >= 0.3 is 5.97 Å². The fourth-order valence-corrected chi connectivity index (χ4v) is 5.87. The first-order chi connectivity index (χ1) is 16.5. The predicted molar refractivity (Wildman–Crippen MR) is 124 cm³/mol. The van der Waals surface area contributed by atoms with Crippen molar-refractivity contribution in [3.63, 3.8) is 0 Å².